The van der Waals surface area contributed by atoms with Gasteiger partial charge in [0.1, 0.15) is 12.1 Å². The maximum Gasteiger partial charge on any atom is 0.391 e. The van der Waals surface area contributed by atoms with Gasteiger partial charge in [-0.05, 0) is 32.0 Å². The highest BCUT2D eigenvalue weighted by Crippen LogP contribution is 2.41. The lowest BCUT2D eigenvalue weighted by Crippen LogP contribution is -2.42. The average Bonchev–Trinajstić information content (AvgIpc) is 3.19. The number of nitrogens with one attached hydrogen (secondary N) is 1. The highest BCUT2D eigenvalue weighted by atomic mass is 32.2. The Balaban J connectivity index is 1.52. The number of fused-ring (bicyclic) bond motifs is 1. The topological polar surface area (TPSA) is 84.4 Å². The van der Waals surface area contributed by atoms with Crippen LogP contribution in [0.2, 0.25) is 0 Å². The molecule has 0 saturated carbocycles. The van der Waals surface area contributed by atoms with Crippen molar-refractivity contribution in [2.45, 2.75) is 36.4 Å². The van der Waals surface area contributed by atoms with Crippen LogP contribution in [0.1, 0.15) is 30.9 Å². The molecule has 1 fully saturated rings. The van der Waals surface area contributed by atoms with Crippen LogP contribution in [-0.2, 0) is 10.0 Å². The number of anilines is 1. The summed E-state index contributed by atoms with van der Waals surface area (Å²) in [6.45, 7) is 1.09. The fraction of sp³-hybridized carbons (Fsp3) is 0.529. The van der Waals surface area contributed by atoms with Gasteiger partial charge in [0.2, 0.25) is 5.13 Å². The van der Waals surface area contributed by atoms with Gasteiger partial charge in [0.15, 0.2) is 0 Å². The molecule has 12 heteroatoms. The van der Waals surface area contributed by atoms with E-state index < -0.39 is 22.1 Å². The third-order valence-corrected chi connectivity index (χ3v) is 7.37. The molecule has 2 aliphatic rings. The molecular formula is C17H19F3N4O3S2. The van der Waals surface area contributed by atoms with E-state index in [0.29, 0.717) is 31.9 Å². The van der Waals surface area contributed by atoms with E-state index in [0.717, 1.165) is 17.1 Å². The summed E-state index contributed by atoms with van der Waals surface area (Å²) >= 11 is 0.925. The Morgan fingerprint density at radius 2 is 1.97 bits per heavy atom. The Morgan fingerprint density at radius 3 is 2.62 bits per heavy atom. The molecule has 1 atom stereocenters. The highest BCUT2D eigenvalue weighted by molar-refractivity contribution is 7.93. The van der Waals surface area contributed by atoms with Crippen LogP contribution in [0.4, 0.5) is 18.3 Å². The van der Waals surface area contributed by atoms with E-state index in [4.69, 9.17) is 4.74 Å². The first-order valence-corrected chi connectivity index (χ1v) is 11.4. The van der Waals surface area contributed by atoms with Gasteiger partial charge in [0, 0.05) is 35.6 Å². The number of piperidine rings is 1. The lowest BCUT2D eigenvalue weighted by atomic mass is 9.92. The zero-order chi connectivity index (χ0) is 20.6. The Bertz CT molecular complexity index is 959. The zero-order valence-electron chi connectivity index (χ0n) is 15.2. The summed E-state index contributed by atoms with van der Waals surface area (Å²) < 4.78 is 75.7. The van der Waals surface area contributed by atoms with Gasteiger partial charge in [0.05, 0.1) is 17.4 Å². The summed E-state index contributed by atoms with van der Waals surface area (Å²) in [7, 11) is -3.84. The lowest BCUT2D eigenvalue weighted by Gasteiger charge is -2.40. The molecule has 29 heavy (non-hydrogen) atoms. The number of hydrogen-bond acceptors (Lipinski definition) is 7. The Hall–Kier alpha value is -1.92. The molecule has 1 aromatic heterocycles. The zero-order valence-corrected chi connectivity index (χ0v) is 16.9. The van der Waals surface area contributed by atoms with Gasteiger partial charge >= 0.3 is 6.18 Å². The first kappa shape index (κ1) is 20.4. The van der Waals surface area contributed by atoms with Gasteiger partial charge in [0.25, 0.3) is 10.0 Å². The molecule has 4 rings (SSSR count). The fourth-order valence-electron chi connectivity index (χ4n) is 3.83. The summed E-state index contributed by atoms with van der Waals surface area (Å²) in [5.74, 6) is -0.809. The molecule has 1 saturated heterocycles. The monoisotopic (exact) mass is 448 g/mol. The predicted octanol–water partition coefficient (Wildman–Crippen LogP) is 3.44. The SMILES string of the molecule is O=S(=O)(Nc1ncns1)c1ccc2c(c1)OCC[C@@H]2N1CCC(C(F)(F)F)CC1. The molecule has 7 nitrogen and oxygen atoms in total. The van der Waals surface area contributed by atoms with Crippen molar-refractivity contribution in [1.82, 2.24) is 14.3 Å². The van der Waals surface area contributed by atoms with Crippen molar-refractivity contribution in [2.75, 3.05) is 24.4 Å². The van der Waals surface area contributed by atoms with Crippen molar-refractivity contribution >= 4 is 26.7 Å². The first-order chi connectivity index (χ1) is 13.7. The second kappa shape index (κ2) is 7.73. The van der Waals surface area contributed by atoms with Crippen molar-refractivity contribution in [3.8, 4) is 5.75 Å². The fourth-order valence-corrected chi connectivity index (χ4v) is 5.50. The maximum absolute atomic E-state index is 12.9. The Labute approximate surface area is 170 Å². The van der Waals surface area contributed by atoms with Crippen LogP contribution in [0.5, 0.6) is 5.75 Å². The van der Waals surface area contributed by atoms with Crippen LogP contribution >= 0.6 is 11.5 Å². The summed E-state index contributed by atoms with van der Waals surface area (Å²) in [6.07, 6.45) is -2.09. The van der Waals surface area contributed by atoms with Crippen LogP contribution in [0.3, 0.4) is 0 Å². The molecular weight excluding hydrogens is 429 g/mol. The number of alkyl halides is 3. The molecule has 0 radical (unpaired) electrons. The Morgan fingerprint density at radius 1 is 1.21 bits per heavy atom. The number of nitrogens with zero attached hydrogens (tertiary/aromatic N) is 3. The van der Waals surface area contributed by atoms with Crippen molar-refractivity contribution in [3.05, 3.63) is 30.1 Å². The molecule has 0 spiro atoms. The number of ether oxygens (including phenoxy) is 1. The van der Waals surface area contributed by atoms with Crippen LogP contribution in [0.15, 0.2) is 29.4 Å². The van der Waals surface area contributed by atoms with Crippen molar-refractivity contribution in [2.24, 2.45) is 5.92 Å². The van der Waals surface area contributed by atoms with Crippen LogP contribution in [0.25, 0.3) is 0 Å². The molecule has 0 amide bonds. The molecule has 3 heterocycles. The first-order valence-electron chi connectivity index (χ1n) is 9.11. The molecule has 1 N–H and O–H groups in total. The van der Waals surface area contributed by atoms with Gasteiger partial charge in [-0.1, -0.05) is 6.07 Å². The van der Waals surface area contributed by atoms with E-state index in [9.17, 15) is 21.6 Å². The highest BCUT2D eigenvalue weighted by Gasteiger charge is 2.42. The van der Waals surface area contributed by atoms with Crippen molar-refractivity contribution in [3.63, 3.8) is 0 Å². The standard InChI is InChI=1S/C17H19F3N4O3S2/c18-17(19,20)11-3-6-24(7-4-11)14-5-8-27-15-9-12(1-2-13(14)15)29(25,26)23-16-21-10-22-28-16/h1-2,9-11,14H,3-8H2,(H,21,22,23)/t14-/m0/s1. The number of likely N-dealkylation sites (tertiary alicyclic amines) is 1. The summed E-state index contributed by atoms with van der Waals surface area (Å²) in [5, 5.41) is 0.161. The molecule has 158 valence electrons. The second-order valence-electron chi connectivity index (χ2n) is 7.06. The molecule has 2 aromatic rings. The van der Waals surface area contributed by atoms with Crippen LogP contribution < -0.4 is 9.46 Å². The maximum atomic E-state index is 12.9. The normalized spacial score (nSPS) is 21.4. The number of benzene rings is 1. The smallest absolute Gasteiger partial charge is 0.391 e. The van der Waals surface area contributed by atoms with E-state index in [2.05, 4.69) is 14.1 Å². The third-order valence-electron chi connectivity index (χ3n) is 5.32. The summed E-state index contributed by atoms with van der Waals surface area (Å²) in [5.41, 5.74) is 0.802. The minimum atomic E-state index is -4.15. The Kier molecular flexibility index (Phi) is 5.42. The number of halogens is 3. The van der Waals surface area contributed by atoms with E-state index in [-0.39, 0.29) is 28.9 Å². The molecule has 0 bridgehead atoms. The molecule has 0 aliphatic carbocycles. The lowest BCUT2D eigenvalue weighted by molar-refractivity contribution is -0.186. The number of rotatable bonds is 4. The van der Waals surface area contributed by atoms with Gasteiger partial charge in [-0.3, -0.25) is 9.62 Å². The third kappa shape index (κ3) is 4.33. The predicted molar refractivity (Wildman–Crippen MR) is 100 cm³/mol. The van der Waals surface area contributed by atoms with Gasteiger partial charge < -0.3 is 4.74 Å². The van der Waals surface area contributed by atoms with Crippen molar-refractivity contribution < 1.29 is 26.3 Å². The number of sulfonamides is 1. The quantitative estimate of drug-likeness (QED) is 0.772. The van der Waals surface area contributed by atoms with E-state index in [1.54, 1.807) is 6.07 Å². The number of aromatic nitrogens is 2. The molecule has 0 unspecified atom stereocenters. The van der Waals surface area contributed by atoms with Gasteiger partial charge in [-0.15, -0.1) is 0 Å². The summed E-state index contributed by atoms with van der Waals surface area (Å²) in [4.78, 5) is 5.88. The average molecular weight is 448 g/mol. The van der Waals surface area contributed by atoms with Gasteiger partial charge in [-0.2, -0.15) is 17.5 Å². The second-order valence-corrected chi connectivity index (χ2v) is 9.52. The van der Waals surface area contributed by atoms with E-state index >= 15 is 0 Å². The largest absolute Gasteiger partial charge is 0.493 e. The van der Waals surface area contributed by atoms with Crippen molar-refractivity contribution in [1.29, 1.82) is 0 Å². The number of hydrogen-bond donors (Lipinski definition) is 1. The molecule has 1 aromatic carbocycles. The van der Waals surface area contributed by atoms with Crippen LogP contribution in [-0.4, -0.2) is 48.5 Å². The van der Waals surface area contributed by atoms with E-state index in [1.807, 2.05) is 4.90 Å². The van der Waals surface area contributed by atoms with Gasteiger partial charge in [-0.25, -0.2) is 13.4 Å². The minimum Gasteiger partial charge on any atom is -0.493 e. The molecule has 2 aliphatic heterocycles. The summed E-state index contributed by atoms with van der Waals surface area (Å²) in [6, 6.07) is 4.53. The minimum absolute atomic E-state index is 0.0304. The van der Waals surface area contributed by atoms with Crippen LogP contribution in [0, 0.1) is 5.92 Å². The van der Waals surface area contributed by atoms with E-state index in [1.165, 1.54) is 18.5 Å².